The van der Waals surface area contributed by atoms with Crippen molar-refractivity contribution in [3.8, 4) is 0 Å². The first-order chi connectivity index (χ1) is 17.7. The van der Waals surface area contributed by atoms with E-state index < -0.39 is 0 Å². The number of aromatic nitrogens is 4. The molecule has 0 saturated carbocycles. The van der Waals surface area contributed by atoms with E-state index in [1.165, 1.54) is 11.3 Å². The molecule has 1 atom stereocenters. The van der Waals surface area contributed by atoms with E-state index in [2.05, 4.69) is 87.6 Å². The molecule has 2 saturated heterocycles. The number of para-hydroxylation sites is 1. The van der Waals surface area contributed by atoms with Crippen molar-refractivity contribution in [1.29, 1.82) is 0 Å². The molecular weight excluding hydrogens is 448 g/mol. The summed E-state index contributed by atoms with van der Waals surface area (Å²) in [6, 6.07) is 23.8. The van der Waals surface area contributed by atoms with Crippen LogP contribution >= 0.6 is 0 Å². The van der Waals surface area contributed by atoms with Gasteiger partial charge in [0.1, 0.15) is 5.82 Å². The number of hydrogen-bond acceptors (Lipinski definition) is 7. The van der Waals surface area contributed by atoms with E-state index in [-0.39, 0.29) is 0 Å². The molecular formula is C28H34N8. The van der Waals surface area contributed by atoms with Crippen LogP contribution in [0.1, 0.15) is 24.0 Å². The van der Waals surface area contributed by atoms with Gasteiger partial charge in [0, 0.05) is 76.6 Å². The summed E-state index contributed by atoms with van der Waals surface area (Å²) in [6.07, 6.45) is 0.707. The number of rotatable bonds is 6. The van der Waals surface area contributed by atoms with Gasteiger partial charge in [-0.2, -0.15) is 9.50 Å². The Bertz CT molecular complexity index is 1280. The molecule has 1 N–H and O–H groups in total. The van der Waals surface area contributed by atoms with Crippen LogP contribution in [0, 0.1) is 0 Å². The summed E-state index contributed by atoms with van der Waals surface area (Å²) in [7, 11) is 0. The summed E-state index contributed by atoms with van der Waals surface area (Å²) in [5, 5.41) is 8.45. The summed E-state index contributed by atoms with van der Waals surface area (Å²) in [5.74, 6) is 2.60. The third-order valence-electron chi connectivity index (χ3n) is 7.17. The fourth-order valence-electron chi connectivity index (χ4n) is 5.27. The quantitative estimate of drug-likeness (QED) is 0.453. The molecule has 186 valence electrons. The molecule has 36 heavy (non-hydrogen) atoms. The van der Waals surface area contributed by atoms with Crippen molar-refractivity contribution in [1.82, 2.24) is 29.8 Å². The Labute approximate surface area is 212 Å². The molecule has 0 radical (unpaired) electrons. The summed E-state index contributed by atoms with van der Waals surface area (Å²) in [4.78, 5) is 17.2. The van der Waals surface area contributed by atoms with Gasteiger partial charge < -0.3 is 15.1 Å². The molecule has 1 unspecified atom stereocenters. The summed E-state index contributed by atoms with van der Waals surface area (Å²) in [6.45, 7) is 10.0. The van der Waals surface area contributed by atoms with Crippen LogP contribution in [-0.4, -0.2) is 76.3 Å². The van der Waals surface area contributed by atoms with Crippen molar-refractivity contribution < 1.29 is 0 Å². The Hall–Kier alpha value is -3.49. The van der Waals surface area contributed by atoms with Gasteiger partial charge in [-0.3, -0.25) is 4.90 Å². The normalized spacial score (nSPS) is 19.2. The highest BCUT2D eigenvalue weighted by Crippen LogP contribution is 2.22. The predicted molar refractivity (Wildman–Crippen MR) is 144 cm³/mol. The monoisotopic (exact) mass is 482 g/mol. The smallest absolute Gasteiger partial charge is 0.254 e. The first kappa shape index (κ1) is 22.9. The van der Waals surface area contributed by atoms with Crippen LogP contribution in [0.4, 0.5) is 11.5 Å². The van der Waals surface area contributed by atoms with E-state index in [0.717, 1.165) is 69.7 Å². The Kier molecular flexibility index (Phi) is 6.53. The molecule has 8 heteroatoms. The van der Waals surface area contributed by atoms with E-state index >= 15 is 0 Å². The molecule has 2 aliphatic rings. The molecule has 4 aromatic rings. The van der Waals surface area contributed by atoms with Gasteiger partial charge in [0.15, 0.2) is 5.82 Å². The molecule has 2 aromatic heterocycles. The number of nitrogens with zero attached hydrogens (tertiary/aromatic N) is 7. The minimum Gasteiger partial charge on any atom is -0.369 e. The zero-order valence-corrected chi connectivity index (χ0v) is 20.9. The first-order valence-electron chi connectivity index (χ1n) is 13.0. The maximum Gasteiger partial charge on any atom is 0.254 e. The van der Waals surface area contributed by atoms with Crippen LogP contribution < -0.4 is 15.1 Å². The predicted octanol–water partition coefficient (Wildman–Crippen LogP) is 2.84. The second-order valence-electron chi connectivity index (χ2n) is 9.91. The maximum atomic E-state index is 4.98. The standard InChI is InChI=1S/C28H34N8/c1-22-20-35(13-12-29-22)27-19-24(21-33-14-16-34(17-15-33)25-10-6-3-7-11-25)30-28-31-26(32-36(27)28)18-23-8-4-2-5-9-23/h2-11,19,22,29H,12-18,20-21H2,1H3. The second-order valence-corrected chi connectivity index (χ2v) is 9.91. The van der Waals surface area contributed by atoms with Crippen LogP contribution in [0.2, 0.25) is 0 Å². The highest BCUT2D eigenvalue weighted by molar-refractivity contribution is 5.49. The Morgan fingerprint density at radius 2 is 1.61 bits per heavy atom. The molecule has 0 spiro atoms. The van der Waals surface area contributed by atoms with Gasteiger partial charge in [0.2, 0.25) is 0 Å². The van der Waals surface area contributed by atoms with E-state index in [4.69, 9.17) is 15.1 Å². The average Bonchev–Trinajstić information content (AvgIpc) is 3.32. The zero-order valence-electron chi connectivity index (χ0n) is 20.9. The average molecular weight is 483 g/mol. The number of hydrogen-bond donors (Lipinski definition) is 1. The molecule has 2 fully saturated rings. The van der Waals surface area contributed by atoms with Crippen LogP contribution in [0.15, 0.2) is 66.7 Å². The van der Waals surface area contributed by atoms with Gasteiger partial charge in [-0.1, -0.05) is 48.5 Å². The Morgan fingerprint density at radius 3 is 2.36 bits per heavy atom. The van der Waals surface area contributed by atoms with Gasteiger partial charge in [0.25, 0.3) is 5.78 Å². The van der Waals surface area contributed by atoms with Gasteiger partial charge in [0.05, 0.1) is 5.69 Å². The van der Waals surface area contributed by atoms with Crippen molar-refractivity contribution in [2.75, 3.05) is 55.6 Å². The Balaban J connectivity index is 1.24. The SMILES string of the molecule is CC1CN(c2cc(CN3CCN(c4ccccc4)CC3)nc3nc(Cc4ccccc4)nn23)CCN1. The Morgan fingerprint density at radius 1 is 0.861 bits per heavy atom. The minimum absolute atomic E-state index is 0.434. The number of fused-ring (bicyclic) bond motifs is 1. The number of anilines is 2. The number of benzene rings is 2. The van der Waals surface area contributed by atoms with Crippen molar-refractivity contribution in [3.05, 3.63) is 83.8 Å². The largest absolute Gasteiger partial charge is 0.369 e. The summed E-state index contributed by atoms with van der Waals surface area (Å²) < 4.78 is 1.95. The molecule has 0 aliphatic carbocycles. The van der Waals surface area contributed by atoms with Crippen molar-refractivity contribution >= 4 is 17.3 Å². The third-order valence-corrected chi connectivity index (χ3v) is 7.17. The lowest BCUT2D eigenvalue weighted by Gasteiger charge is -2.36. The van der Waals surface area contributed by atoms with Crippen molar-refractivity contribution in [2.45, 2.75) is 25.9 Å². The van der Waals surface area contributed by atoms with Crippen LogP contribution in [0.25, 0.3) is 5.78 Å². The fourth-order valence-corrected chi connectivity index (χ4v) is 5.27. The lowest BCUT2D eigenvalue weighted by atomic mass is 10.1. The van der Waals surface area contributed by atoms with Gasteiger partial charge in [-0.25, -0.2) is 4.98 Å². The highest BCUT2D eigenvalue weighted by Gasteiger charge is 2.23. The van der Waals surface area contributed by atoms with Gasteiger partial charge in [-0.15, -0.1) is 5.10 Å². The molecule has 0 bridgehead atoms. The van der Waals surface area contributed by atoms with E-state index in [1.807, 2.05) is 10.6 Å². The molecule has 4 heterocycles. The zero-order chi connectivity index (χ0) is 24.3. The fraction of sp³-hybridized carbons (Fsp3) is 0.393. The molecule has 2 aliphatic heterocycles. The van der Waals surface area contributed by atoms with Gasteiger partial charge >= 0.3 is 0 Å². The lowest BCUT2D eigenvalue weighted by Crippen LogP contribution is -2.50. The summed E-state index contributed by atoms with van der Waals surface area (Å²) in [5.41, 5.74) is 3.58. The molecule has 6 rings (SSSR count). The third kappa shape index (κ3) is 5.05. The van der Waals surface area contributed by atoms with Gasteiger partial charge in [-0.05, 0) is 24.6 Å². The number of piperazine rings is 2. The molecule has 2 aromatic carbocycles. The van der Waals surface area contributed by atoms with Crippen LogP contribution in [0.5, 0.6) is 0 Å². The van der Waals surface area contributed by atoms with Crippen LogP contribution in [0.3, 0.4) is 0 Å². The van der Waals surface area contributed by atoms with E-state index in [9.17, 15) is 0 Å². The maximum absolute atomic E-state index is 4.98. The summed E-state index contributed by atoms with van der Waals surface area (Å²) >= 11 is 0. The van der Waals surface area contributed by atoms with E-state index in [1.54, 1.807) is 0 Å². The lowest BCUT2D eigenvalue weighted by molar-refractivity contribution is 0.247. The second kappa shape index (κ2) is 10.2. The molecule has 0 amide bonds. The first-order valence-corrected chi connectivity index (χ1v) is 13.0. The van der Waals surface area contributed by atoms with Crippen LogP contribution in [-0.2, 0) is 13.0 Å². The highest BCUT2D eigenvalue weighted by atomic mass is 15.4. The van der Waals surface area contributed by atoms with Crippen molar-refractivity contribution in [3.63, 3.8) is 0 Å². The van der Waals surface area contributed by atoms with E-state index in [0.29, 0.717) is 18.2 Å². The topological polar surface area (TPSA) is 64.8 Å². The molecule has 8 nitrogen and oxygen atoms in total. The van der Waals surface area contributed by atoms with Crippen molar-refractivity contribution in [2.24, 2.45) is 0 Å². The minimum atomic E-state index is 0.434. The number of nitrogens with one attached hydrogen (secondary N) is 1.